The number of ether oxygens (including phenoxy) is 2. The number of carbonyl (C=O) groups is 1. The van der Waals surface area contributed by atoms with Gasteiger partial charge in [0, 0.05) is 10.8 Å². The Kier molecular flexibility index (Phi) is 6.90. The second kappa shape index (κ2) is 9.58. The Morgan fingerprint density at radius 2 is 1.97 bits per heavy atom. The quantitative estimate of drug-likeness (QED) is 0.283. The molecule has 0 atom stereocenters. The van der Waals surface area contributed by atoms with Crippen LogP contribution in [0.1, 0.15) is 28.8 Å². The molecule has 0 spiro atoms. The summed E-state index contributed by atoms with van der Waals surface area (Å²) in [5.74, 6) is -1.08. The Balaban J connectivity index is 1.95. The highest BCUT2D eigenvalue weighted by Gasteiger charge is 2.17. The third-order valence-corrected chi connectivity index (χ3v) is 5.85. The topological polar surface area (TPSA) is 61.3 Å². The standard InChI is InChI=1S/C21H19FN2O3S2/c1-4-19-23-18(12-28-19)20-24-17(11-29-20)16(22)9-13-7-5-6-8-14(13)15(10-26-2)21(25)27-3/h5-12H,4H2,1-3H3. The number of methoxy groups -OCH3 is 2. The van der Waals surface area contributed by atoms with Gasteiger partial charge in [-0.3, -0.25) is 0 Å². The highest BCUT2D eigenvalue weighted by atomic mass is 32.1. The van der Waals surface area contributed by atoms with Crippen LogP contribution in [0.5, 0.6) is 0 Å². The highest BCUT2D eigenvalue weighted by Crippen LogP contribution is 2.30. The third kappa shape index (κ3) is 4.78. The summed E-state index contributed by atoms with van der Waals surface area (Å²) in [6.07, 6.45) is 3.48. The molecule has 0 radical (unpaired) electrons. The van der Waals surface area contributed by atoms with Crippen molar-refractivity contribution in [1.29, 1.82) is 0 Å². The summed E-state index contributed by atoms with van der Waals surface area (Å²) < 4.78 is 24.8. The monoisotopic (exact) mass is 430 g/mol. The fourth-order valence-corrected chi connectivity index (χ4v) is 4.17. The van der Waals surface area contributed by atoms with Gasteiger partial charge in [0.15, 0.2) is 0 Å². The molecule has 150 valence electrons. The molecule has 8 heteroatoms. The number of esters is 1. The number of hydrogen-bond acceptors (Lipinski definition) is 7. The van der Waals surface area contributed by atoms with Gasteiger partial charge in [0.2, 0.25) is 0 Å². The van der Waals surface area contributed by atoms with E-state index in [4.69, 9.17) is 9.47 Å². The van der Waals surface area contributed by atoms with Crippen LogP contribution >= 0.6 is 22.7 Å². The fourth-order valence-electron chi connectivity index (χ4n) is 2.60. The van der Waals surface area contributed by atoms with E-state index in [1.807, 2.05) is 12.3 Å². The van der Waals surface area contributed by atoms with E-state index in [-0.39, 0.29) is 11.3 Å². The highest BCUT2D eigenvalue weighted by molar-refractivity contribution is 7.14. The van der Waals surface area contributed by atoms with Gasteiger partial charge < -0.3 is 9.47 Å². The number of carbonyl (C=O) groups excluding carboxylic acids is 1. The minimum Gasteiger partial charge on any atom is -0.503 e. The van der Waals surface area contributed by atoms with Crippen LogP contribution in [0.4, 0.5) is 4.39 Å². The van der Waals surface area contributed by atoms with Gasteiger partial charge in [-0.25, -0.2) is 19.2 Å². The molecule has 0 aliphatic rings. The molecule has 0 fully saturated rings. The lowest BCUT2D eigenvalue weighted by molar-refractivity contribution is -0.133. The van der Waals surface area contributed by atoms with E-state index >= 15 is 0 Å². The fraction of sp³-hybridized carbons (Fsp3) is 0.190. The van der Waals surface area contributed by atoms with E-state index in [2.05, 4.69) is 9.97 Å². The van der Waals surface area contributed by atoms with Crippen LogP contribution in [0.3, 0.4) is 0 Å². The van der Waals surface area contributed by atoms with Gasteiger partial charge in [0.25, 0.3) is 0 Å². The lowest BCUT2D eigenvalue weighted by Crippen LogP contribution is -2.05. The van der Waals surface area contributed by atoms with Crippen molar-refractivity contribution in [3.8, 4) is 10.7 Å². The zero-order valence-corrected chi connectivity index (χ0v) is 17.8. The molecule has 29 heavy (non-hydrogen) atoms. The van der Waals surface area contributed by atoms with E-state index in [0.717, 1.165) is 17.1 Å². The first kappa shape index (κ1) is 20.9. The van der Waals surface area contributed by atoms with Crippen molar-refractivity contribution in [2.45, 2.75) is 13.3 Å². The van der Waals surface area contributed by atoms with Crippen LogP contribution in [-0.4, -0.2) is 30.2 Å². The van der Waals surface area contributed by atoms with Crippen LogP contribution in [0.2, 0.25) is 0 Å². The van der Waals surface area contributed by atoms with Gasteiger partial charge in [-0.05, 0) is 23.6 Å². The summed E-state index contributed by atoms with van der Waals surface area (Å²) in [5, 5.41) is 5.27. The summed E-state index contributed by atoms with van der Waals surface area (Å²) in [5.41, 5.74) is 2.19. The number of aromatic nitrogens is 2. The van der Waals surface area contributed by atoms with Gasteiger partial charge in [0.05, 0.1) is 25.5 Å². The molecular formula is C21H19FN2O3S2. The Hall–Kier alpha value is -2.84. The predicted octanol–water partition coefficient (Wildman–Crippen LogP) is 5.46. The van der Waals surface area contributed by atoms with E-state index in [9.17, 15) is 9.18 Å². The van der Waals surface area contributed by atoms with Gasteiger partial charge >= 0.3 is 5.97 Å². The average Bonchev–Trinajstić information content (AvgIpc) is 3.41. The number of aryl methyl sites for hydroxylation is 1. The first-order valence-corrected chi connectivity index (χ1v) is 10.5. The Morgan fingerprint density at radius 3 is 2.66 bits per heavy atom. The van der Waals surface area contributed by atoms with Crippen LogP contribution in [0, 0.1) is 0 Å². The Morgan fingerprint density at radius 1 is 1.17 bits per heavy atom. The molecule has 0 saturated heterocycles. The smallest absolute Gasteiger partial charge is 0.341 e. The molecule has 2 aromatic heterocycles. The van der Waals surface area contributed by atoms with Crippen molar-refractivity contribution in [3.63, 3.8) is 0 Å². The van der Waals surface area contributed by atoms with Crippen molar-refractivity contribution < 1.29 is 18.7 Å². The van der Waals surface area contributed by atoms with Crippen molar-refractivity contribution in [2.24, 2.45) is 0 Å². The van der Waals surface area contributed by atoms with Crippen LogP contribution in [0.25, 0.3) is 28.2 Å². The van der Waals surface area contributed by atoms with Crippen molar-refractivity contribution >= 4 is 46.1 Å². The van der Waals surface area contributed by atoms with Gasteiger partial charge in [-0.2, -0.15) is 0 Å². The van der Waals surface area contributed by atoms with Crippen molar-refractivity contribution in [1.82, 2.24) is 9.97 Å². The van der Waals surface area contributed by atoms with E-state index < -0.39 is 11.8 Å². The largest absolute Gasteiger partial charge is 0.503 e. The lowest BCUT2D eigenvalue weighted by Gasteiger charge is -2.09. The average molecular weight is 431 g/mol. The molecular weight excluding hydrogens is 411 g/mol. The molecule has 5 nitrogen and oxygen atoms in total. The Labute approximate surface area is 176 Å². The van der Waals surface area contributed by atoms with E-state index in [1.165, 1.54) is 37.9 Å². The molecule has 0 N–H and O–H groups in total. The zero-order chi connectivity index (χ0) is 20.8. The summed E-state index contributed by atoms with van der Waals surface area (Å²) in [6, 6.07) is 6.93. The maximum absolute atomic E-state index is 15.0. The summed E-state index contributed by atoms with van der Waals surface area (Å²) >= 11 is 2.90. The van der Waals surface area contributed by atoms with Crippen LogP contribution in [-0.2, 0) is 20.7 Å². The SMILES string of the molecule is CCc1nc(-c2nc(C(F)=Cc3ccccc3C(=COC)C(=O)OC)cs2)cs1. The summed E-state index contributed by atoms with van der Waals surface area (Å²) in [4.78, 5) is 21.0. The van der Waals surface area contributed by atoms with Gasteiger partial charge in [0.1, 0.15) is 27.8 Å². The maximum atomic E-state index is 15.0. The first-order chi connectivity index (χ1) is 14.1. The number of benzene rings is 1. The normalized spacial score (nSPS) is 12.1. The molecule has 0 aliphatic heterocycles. The van der Waals surface area contributed by atoms with E-state index in [1.54, 1.807) is 41.0 Å². The number of hydrogen-bond donors (Lipinski definition) is 0. The zero-order valence-electron chi connectivity index (χ0n) is 16.1. The van der Waals surface area contributed by atoms with Crippen molar-refractivity contribution in [2.75, 3.05) is 14.2 Å². The van der Waals surface area contributed by atoms with Gasteiger partial charge in [-0.15, -0.1) is 22.7 Å². The number of halogens is 1. The number of thiazole rings is 2. The molecule has 0 amide bonds. The Bertz CT molecular complexity index is 1070. The molecule has 1 aromatic carbocycles. The van der Waals surface area contributed by atoms with Crippen LogP contribution in [0.15, 0.2) is 41.3 Å². The number of nitrogens with zero attached hydrogens (tertiary/aromatic N) is 2. The van der Waals surface area contributed by atoms with E-state index in [0.29, 0.717) is 16.1 Å². The first-order valence-electron chi connectivity index (χ1n) is 8.75. The molecule has 0 bridgehead atoms. The predicted molar refractivity (Wildman–Crippen MR) is 115 cm³/mol. The molecule has 0 aliphatic carbocycles. The van der Waals surface area contributed by atoms with Crippen molar-refractivity contribution in [3.05, 3.63) is 63.1 Å². The summed E-state index contributed by atoms with van der Waals surface area (Å²) in [7, 11) is 2.71. The lowest BCUT2D eigenvalue weighted by atomic mass is 10.00. The van der Waals surface area contributed by atoms with Gasteiger partial charge in [-0.1, -0.05) is 31.2 Å². The minimum atomic E-state index is -0.570. The number of rotatable bonds is 7. The molecule has 0 saturated carbocycles. The minimum absolute atomic E-state index is 0.197. The second-order valence-corrected chi connectivity index (χ2v) is 7.66. The molecule has 0 unspecified atom stereocenters. The summed E-state index contributed by atoms with van der Waals surface area (Å²) in [6.45, 7) is 2.04. The van der Waals surface area contributed by atoms with Crippen LogP contribution < -0.4 is 0 Å². The second-order valence-electron chi connectivity index (χ2n) is 5.86. The molecule has 3 aromatic rings. The maximum Gasteiger partial charge on any atom is 0.341 e. The molecule has 3 rings (SSSR count). The molecule has 2 heterocycles. The third-order valence-electron chi connectivity index (χ3n) is 4.00.